The molecule has 0 amide bonds. The van der Waals surface area contributed by atoms with E-state index in [1.165, 1.54) is 6.92 Å². The van der Waals surface area contributed by atoms with Crippen molar-refractivity contribution in [3.8, 4) is 0 Å². The summed E-state index contributed by atoms with van der Waals surface area (Å²) < 4.78 is 0. The van der Waals surface area contributed by atoms with Crippen LogP contribution in [-0.2, 0) is 22.4 Å². The number of carbonyl (C=O) groups excluding carboxylic acids is 3. The SMILES string of the molecule is CC(=O)CCc1cc(C(C)=O)[nH]c1CCC(C)=O. The van der Waals surface area contributed by atoms with Gasteiger partial charge in [-0.1, -0.05) is 0 Å². The molecule has 1 aromatic heterocycles. The Kier molecular flexibility index (Phi) is 5.01. The maximum Gasteiger partial charge on any atom is 0.175 e. The van der Waals surface area contributed by atoms with Gasteiger partial charge in [0.1, 0.15) is 11.6 Å². The third kappa shape index (κ3) is 4.28. The van der Waals surface area contributed by atoms with Gasteiger partial charge in [0, 0.05) is 25.5 Å². The number of aromatic amines is 1. The van der Waals surface area contributed by atoms with Crippen LogP contribution in [0.2, 0.25) is 0 Å². The zero-order valence-electron chi connectivity index (χ0n) is 11.1. The smallest absolute Gasteiger partial charge is 0.175 e. The Hall–Kier alpha value is -1.71. The minimum Gasteiger partial charge on any atom is -0.356 e. The van der Waals surface area contributed by atoms with Crippen molar-refractivity contribution in [3.63, 3.8) is 0 Å². The molecule has 0 fully saturated rings. The van der Waals surface area contributed by atoms with E-state index < -0.39 is 0 Å². The van der Waals surface area contributed by atoms with Crippen LogP contribution in [0.25, 0.3) is 0 Å². The summed E-state index contributed by atoms with van der Waals surface area (Å²) in [5.41, 5.74) is 2.42. The second-order valence-corrected chi connectivity index (χ2v) is 4.65. The van der Waals surface area contributed by atoms with Gasteiger partial charge in [0.2, 0.25) is 0 Å². The summed E-state index contributed by atoms with van der Waals surface area (Å²) in [6, 6.07) is 1.79. The highest BCUT2D eigenvalue weighted by atomic mass is 16.1. The van der Waals surface area contributed by atoms with Gasteiger partial charge in [0.15, 0.2) is 5.78 Å². The first-order valence-corrected chi connectivity index (χ1v) is 6.10. The second-order valence-electron chi connectivity index (χ2n) is 4.65. The fraction of sp³-hybridized carbons (Fsp3) is 0.500. The molecule has 0 atom stereocenters. The molecular weight excluding hydrogens is 230 g/mol. The van der Waals surface area contributed by atoms with Crippen molar-refractivity contribution < 1.29 is 14.4 Å². The van der Waals surface area contributed by atoms with Crippen LogP contribution in [0, 0.1) is 0 Å². The van der Waals surface area contributed by atoms with Crippen molar-refractivity contribution in [3.05, 3.63) is 23.0 Å². The predicted octanol–water partition coefficient (Wildman–Crippen LogP) is 2.26. The van der Waals surface area contributed by atoms with Crippen LogP contribution in [0.4, 0.5) is 0 Å². The molecule has 1 N–H and O–H groups in total. The summed E-state index contributed by atoms with van der Waals surface area (Å²) in [5.74, 6) is 0.206. The quantitative estimate of drug-likeness (QED) is 0.754. The number of rotatable bonds is 7. The average molecular weight is 249 g/mol. The molecular formula is C14H19NO3. The number of aromatic nitrogens is 1. The average Bonchev–Trinajstić information content (AvgIpc) is 2.66. The van der Waals surface area contributed by atoms with Crippen molar-refractivity contribution in [2.75, 3.05) is 0 Å². The fourth-order valence-electron chi connectivity index (χ4n) is 1.79. The maximum atomic E-state index is 11.3. The molecule has 0 aliphatic rings. The molecule has 0 saturated carbocycles. The number of carbonyl (C=O) groups is 3. The Balaban J connectivity index is 2.86. The summed E-state index contributed by atoms with van der Waals surface area (Å²) in [5, 5.41) is 0. The minimum absolute atomic E-state index is 0.0341. The van der Waals surface area contributed by atoms with Crippen LogP contribution in [-0.4, -0.2) is 22.3 Å². The van der Waals surface area contributed by atoms with Crippen LogP contribution < -0.4 is 0 Å². The van der Waals surface area contributed by atoms with Gasteiger partial charge in [-0.15, -0.1) is 0 Å². The predicted molar refractivity (Wildman–Crippen MR) is 68.8 cm³/mol. The Morgan fingerprint density at radius 2 is 1.56 bits per heavy atom. The van der Waals surface area contributed by atoms with Gasteiger partial charge in [-0.25, -0.2) is 0 Å². The number of hydrogen-bond donors (Lipinski definition) is 1. The van der Waals surface area contributed by atoms with Crippen molar-refractivity contribution >= 4 is 17.3 Å². The van der Waals surface area contributed by atoms with E-state index in [2.05, 4.69) is 4.98 Å². The molecule has 0 radical (unpaired) electrons. The zero-order chi connectivity index (χ0) is 13.7. The Morgan fingerprint density at radius 3 is 2.06 bits per heavy atom. The van der Waals surface area contributed by atoms with Crippen molar-refractivity contribution in [2.45, 2.75) is 46.5 Å². The van der Waals surface area contributed by atoms with E-state index in [1.54, 1.807) is 19.9 Å². The highest BCUT2D eigenvalue weighted by molar-refractivity contribution is 5.92. The zero-order valence-corrected chi connectivity index (χ0v) is 11.1. The molecule has 18 heavy (non-hydrogen) atoms. The topological polar surface area (TPSA) is 67.0 Å². The Labute approximate surface area is 107 Å². The monoisotopic (exact) mass is 249 g/mol. The largest absolute Gasteiger partial charge is 0.356 e. The van der Waals surface area contributed by atoms with Gasteiger partial charge < -0.3 is 14.6 Å². The van der Waals surface area contributed by atoms with E-state index in [0.29, 0.717) is 31.4 Å². The molecule has 4 nitrogen and oxygen atoms in total. The van der Waals surface area contributed by atoms with E-state index in [9.17, 15) is 14.4 Å². The molecule has 98 valence electrons. The number of ketones is 3. The first kappa shape index (κ1) is 14.4. The summed E-state index contributed by atoms with van der Waals surface area (Å²) in [7, 11) is 0. The van der Waals surface area contributed by atoms with Crippen LogP contribution in [0.5, 0.6) is 0 Å². The molecule has 0 bridgehead atoms. The molecule has 0 spiro atoms. The number of nitrogens with one attached hydrogen (secondary N) is 1. The maximum absolute atomic E-state index is 11.3. The molecule has 4 heteroatoms. The minimum atomic E-state index is -0.0341. The van der Waals surface area contributed by atoms with Crippen LogP contribution in [0.15, 0.2) is 6.07 Å². The molecule has 0 aromatic carbocycles. The lowest BCUT2D eigenvalue weighted by molar-refractivity contribution is -0.117. The first-order valence-electron chi connectivity index (χ1n) is 6.10. The summed E-state index contributed by atoms with van der Waals surface area (Å²) >= 11 is 0. The lowest BCUT2D eigenvalue weighted by Crippen LogP contribution is -2.00. The lowest BCUT2D eigenvalue weighted by Gasteiger charge is -2.01. The standard InChI is InChI=1S/C14H19NO3/c1-9(16)4-6-12-8-14(11(3)18)15-13(12)7-5-10(2)17/h8,15H,4-7H2,1-3H3. The van der Waals surface area contributed by atoms with E-state index in [0.717, 1.165) is 11.3 Å². The molecule has 0 saturated heterocycles. The molecule has 0 aliphatic carbocycles. The number of H-pyrrole nitrogens is 1. The third-order valence-corrected chi connectivity index (χ3v) is 2.84. The van der Waals surface area contributed by atoms with Gasteiger partial charge in [-0.2, -0.15) is 0 Å². The highest BCUT2D eigenvalue weighted by Crippen LogP contribution is 2.16. The third-order valence-electron chi connectivity index (χ3n) is 2.84. The summed E-state index contributed by atoms with van der Waals surface area (Å²) in [6.45, 7) is 4.59. The van der Waals surface area contributed by atoms with E-state index >= 15 is 0 Å². The van der Waals surface area contributed by atoms with Crippen molar-refractivity contribution in [1.82, 2.24) is 4.98 Å². The van der Waals surface area contributed by atoms with Crippen LogP contribution in [0.1, 0.15) is 55.4 Å². The summed E-state index contributed by atoms with van der Waals surface area (Å²) in [6.07, 6.45) is 2.12. The Morgan fingerprint density at radius 1 is 1.00 bits per heavy atom. The van der Waals surface area contributed by atoms with E-state index in [-0.39, 0.29) is 17.3 Å². The first-order chi connectivity index (χ1) is 8.40. The Bertz CT molecular complexity index is 436. The number of hydrogen-bond acceptors (Lipinski definition) is 3. The highest BCUT2D eigenvalue weighted by Gasteiger charge is 2.12. The number of aryl methyl sites for hydroxylation is 2. The van der Waals surface area contributed by atoms with Crippen molar-refractivity contribution in [2.24, 2.45) is 0 Å². The molecule has 0 aliphatic heterocycles. The van der Waals surface area contributed by atoms with E-state index in [4.69, 9.17) is 0 Å². The van der Waals surface area contributed by atoms with Crippen molar-refractivity contribution in [1.29, 1.82) is 0 Å². The molecule has 0 unspecified atom stereocenters. The number of Topliss-reactive ketones (excluding diaryl/α,β-unsaturated/α-hetero) is 3. The van der Waals surface area contributed by atoms with Gasteiger partial charge >= 0.3 is 0 Å². The normalized spacial score (nSPS) is 10.4. The fourth-order valence-corrected chi connectivity index (χ4v) is 1.79. The molecule has 1 heterocycles. The molecule has 1 rings (SSSR count). The van der Waals surface area contributed by atoms with Crippen LogP contribution in [0.3, 0.4) is 0 Å². The molecule has 1 aromatic rings. The van der Waals surface area contributed by atoms with Crippen LogP contribution >= 0.6 is 0 Å². The van der Waals surface area contributed by atoms with Gasteiger partial charge in [0.25, 0.3) is 0 Å². The lowest BCUT2D eigenvalue weighted by atomic mass is 10.0. The van der Waals surface area contributed by atoms with E-state index in [1.807, 2.05) is 0 Å². The summed E-state index contributed by atoms with van der Waals surface area (Å²) in [4.78, 5) is 36.4. The second kappa shape index (κ2) is 6.28. The van der Waals surface area contributed by atoms with Gasteiger partial charge in [-0.05, 0) is 38.3 Å². The van der Waals surface area contributed by atoms with Gasteiger partial charge in [0.05, 0.1) is 5.69 Å². The van der Waals surface area contributed by atoms with Gasteiger partial charge in [-0.3, -0.25) is 4.79 Å².